The molecule has 0 bridgehead atoms. The van der Waals surface area contributed by atoms with Gasteiger partial charge in [0.1, 0.15) is 11.9 Å². The van der Waals surface area contributed by atoms with Crippen molar-refractivity contribution in [1.29, 1.82) is 5.26 Å². The molecule has 1 N–H and O–H groups in total. The number of hydrogen-bond donors (Lipinski definition) is 1. The fourth-order valence-electron chi connectivity index (χ4n) is 1.76. The Bertz CT molecular complexity index is 600. The summed E-state index contributed by atoms with van der Waals surface area (Å²) in [4.78, 5) is 0. The SMILES string of the molecule is Cc1ccccc1CNc1ccc(F)cc1C#N. The first-order chi connectivity index (χ1) is 8.70. The highest BCUT2D eigenvalue weighted by Gasteiger charge is 2.04. The molecule has 2 aromatic rings. The van der Waals surface area contributed by atoms with Crippen LogP contribution in [-0.2, 0) is 6.54 Å². The number of aryl methyl sites for hydroxylation is 1. The first-order valence-electron chi connectivity index (χ1n) is 5.69. The number of rotatable bonds is 3. The zero-order valence-corrected chi connectivity index (χ0v) is 10.1. The molecule has 90 valence electrons. The summed E-state index contributed by atoms with van der Waals surface area (Å²) >= 11 is 0. The highest BCUT2D eigenvalue weighted by molar-refractivity contribution is 5.57. The van der Waals surface area contributed by atoms with Crippen LogP contribution >= 0.6 is 0 Å². The van der Waals surface area contributed by atoms with E-state index in [1.807, 2.05) is 37.3 Å². The number of nitrogens with one attached hydrogen (secondary N) is 1. The fraction of sp³-hybridized carbons (Fsp3) is 0.133. The van der Waals surface area contributed by atoms with Crippen molar-refractivity contribution in [1.82, 2.24) is 0 Å². The Morgan fingerprint density at radius 3 is 2.72 bits per heavy atom. The van der Waals surface area contributed by atoms with E-state index in [9.17, 15) is 4.39 Å². The molecule has 0 spiro atoms. The highest BCUT2D eigenvalue weighted by atomic mass is 19.1. The molecule has 0 atom stereocenters. The summed E-state index contributed by atoms with van der Waals surface area (Å²) in [5.74, 6) is -0.395. The van der Waals surface area contributed by atoms with Crippen LogP contribution in [0.15, 0.2) is 42.5 Å². The van der Waals surface area contributed by atoms with E-state index in [4.69, 9.17) is 5.26 Å². The van der Waals surface area contributed by atoms with Gasteiger partial charge in [0.2, 0.25) is 0 Å². The maximum atomic E-state index is 13.0. The lowest BCUT2D eigenvalue weighted by Crippen LogP contribution is -2.03. The van der Waals surface area contributed by atoms with Crippen molar-refractivity contribution in [3.05, 3.63) is 65.0 Å². The molecule has 0 aliphatic heterocycles. The number of anilines is 1. The van der Waals surface area contributed by atoms with Crippen LogP contribution in [-0.4, -0.2) is 0 Å². The van der Waals surface area contributed by atoms with Crippen molar-refractivity contribution < 1.29 is 4.39 Å². The molecular weight excluding hydrogens is 227 g/mol. The molecule has 0 saturated heterocycles. The second-order valence-corrected chi connectivity index (χ2v) is 4.08. The largest absolute Gasteiger partial charge is 0.380 e. The monoisotopic (exact) mass is 240 g/mol. The number of benzene rings is 2. The number of hydrogen-bond acceptors (Lipinski definition) is 2. The summed E-state index contributed by atoms with van der Waals surface area (Å²) in [6.07, 6.45) is 0. The predicted octanol–water partition coefficient (Wildman–Crippen LogP) is 3.62. The third kappa shape index (κ3) is 2.67. The summed E-state index contributed by atoms with van der Waals surface area (Å²) in [6.45, 7) is 2.65. The molecule has 2 nitrogen and oxygen atoms in total. The first-order valence-corrected chi connectivity index (χ1v) is 5.69. The van der Waals surface area contributed by atoms with Gasteiger partial charge in [-0.05, 0) is 36.2 Å². The molecule has 18 heavy (non-hydrogen) atoms. The third-order valence-corrected chi connectivity index (χ3v) is 2.83. The molecular formula is C15H13FN2. The molecule has 0 radical (unpaired) electrons. The molecule has 0 saturated carbocycles. The van der Waals surface area contributed by atoms with E-state index in [0.717, 1.165) is 5.56 Å². The topological polar surface area (TPSA) is 35.8 Å². The average Bonchev–Trinajstić information content (AvgIpc) is 2.39. The molecule has 0 fully saturated rings. The van der Waals surface area contributed by atoms with E-state index in [0.29, 0.717) is 17.8 Å². The Kier molecular flexibility index (Phi) is 3.59. The van der Waals surface area contributed by atoms with Crippen molar-refractivity contribution in [3.8, 4) is 6.07 Å². The van der Waals surface area contributed by atoms with Gasteiger partial charge < -0.3 is 5.32 Å². The maximum absolute atomic E-state index is 13.0. The minimum Gasteiger partial charge on any atom is -0.380 e. The Morgan fingerprint density at radius 2 is 2.00 bits per heavy atom. The Hall–Kier alpha value is -2.34. The third-order valence-electron chi connectivity index (χ3n) is 2.83. The van der Waals surface area contributed by atoms with Crippen LogP contribution in [0.4, 0.5) is 10.1 Å². The first kappa shape index (κ1) is 12.1. The fourth-order valence-corrected chi connectivity index (χ4v) is 1.76. The van der Waals surface area contributed by atoms with Gasteiger partial charge in [-0.3, -0.25) is 0 Å². The minimum atomic E-state index is -0.395. The molecule has 0 unspecified atom stereocenters. The summed E-state index contributed by atoms with van der Waals surface area (Å²) < 4.78 is 13.0. The van der Waals surface area contributed by atoms with Crippen molar-refractivity contribution in [2.75, 3.05) is 5.32 Å². The Balaban J connectivity index is 2.16. The van der Waals surface area contributed by atoms with Gasteiger partial charge in [-0.1, -0.05) is 24.3 Å². The van der Waals surface area contributed by atoms with E-state index in [1.165, 1.54) is 17.7 Å². The Labute approximate surface area is 106 Å². The molecule has 0 heterocycles. The minimum absolute atomic E-state index is 0.323. The van der Waals surface area contributed by atoms with Crippen molar-refractivity contribution >= 4 is 5.69 Å². The zero-order valence-electron chi connectivity index (χ0n) is 10.1. The second kappa shape index (κ2) is 5.33. The average molecular weight is 240 g/mol. The van der Waals surface area contributed by atoms with Gasteiger partial charge in [-0.2, -0.15) is 5.26 Å². The lowest BCUT2D eigenvalue weighted by Gasteiger charge is -2.10. The van der Waals surface area contributed by atoms with Crippen LogP contribution in [0, 0.1) is 24.1 Å². The molecule has 2 rings (SSSR count). The summed E-state index contributed by atoms with van der Waals surface area (Å²) in [5.41, 5.74) is 3.32. The van der Waals surface area contributed by atoms with E-state index in [1.54, 1.807) is 6.07 Å². The van der Waals surface area contributed by atoms with Gasteiger partial charge >= 0.3 is 0 Å². The van der Waals surface area contributed by atoms with Crippen LogP contribution in [0.5, 0.6) is 0 Å². The quantitative estimate of drug-likeness (QED) is 0.889. The van der Waals surface area contributed by atoms with E-state index < -0.39 is 5.82 Å². The lowest BCUT2D eigenvalue weighted by atomic mass is 10.1. The predicted molar refractivity (Wildman–Crippen MR) is 69.6 cm³/mol. The van der Waals surface area contributed by atoms with Gasteiger partial charge in [0, 0.05) is 6.54 Å². The zero-order chi connectivity index (χ0) is 13.0. The second-order valence-electron chi connectivity index (χ2n) is 4.08. The van der Waals surface area contributed by atoms with Crippen molar-refractivity contribution in [2.24, 2.45) is 0 Å². The van der Waals surface area contributed by atoms with Crippen molar-refractivity contribution in [3.63, 3.8) is 0 Å². The molecule has 0 aliphatic rings. The molecule has 2 aromatic carbocycles. The Morgan fingerprint density at radius 1 is 1.22 bits per heavy atom. The lowest BCUT2D eigenvalue weighted by molar-refractivity contribution is 0.627. The van der Waals surface area contributed by atoms with E-state index >= 15 is 0 Å². The molecule has 3 heteroatoms. The summed E-state index contributed by atoms with van der Waals surface area (Å²) in [6, 6.07) is 14.2. The van der Waals surface area contributed by atoms with Crippen LogP contribution in [0.25, 0.3) is 0 Å². The molecule has 0 amide bonds. The highest BCUT2D eigenvalue weighted by Crippen LogP contribution is 2.17. The standard InChI is InChI=1S/C15H13FN2/c1-11-4-2-3-5-12(11)10-18-15-7-6-14(16)8-13(15)9-17/h2-8,18H,10H2,1H3. The summed E-state index contributed by atoms with van der Waals surface area (Å²) in [7, 11) is 0. The van der Waals surface area contributed by atoms with Gasteiger partial charge in [-0.25, -0.2) is 4.39 Å². The smallest absolute Gasteiger partial charge is 0.124 e. The van der Waals surface area contributed by atoms with Crippen LogP contribution in [0.2, 0.25) is 0 Å². The van der Waals surface area contributed by atoms with Crippen LogP contribution < -0.4 is 5.32 Å². The summed E-state index contributed by atoms with van der Waals surface area (Å²) in [5, 5.41) is 12.1. The number of nitrogens with zero attached hydrogens (tertiary/aromatic N) is 1. The molecule has 0 aromatic heterocycles. The van der Waals surface area contributed by atoms with Crippen LogP contribution in [0.3, 0.4) is 0 Å². The van der Waals surface area contributed by atoms with Gasteiger partial charge in [0.25, 0.3) is 0 Å². The van der Waals surface area contributed by atoms with Crippen molar-refractivity contribution in [2.45, 2.75) is 13.5 Å². The van der Waals surface area contributed by atoms with E-state index in [2.05, 4.69) is 5.32 Å². The molecule has 0 aliphatic carbocycles. The normalized spacial score (nSPS) is 9.83. The van der Waals surface area contributed by atoms with Gasteiger partial charge in [0.15, 0.2) is 0 Å². The van der Waals surface area contributed by atoms with Gasteiger partial charge in [-0.15, -0.1) is 0 Å². The van der Waals surface area contributed by atoms with Crippen LogP contribution in [0.1, 0.15) is 16.7 Å². The maximum Gasteiger partial charge on any atom is 0.124 e. The van der Waals surface area contributed by atoms with E-state index in [-0.39, 0.29) is 0 Å². The number of halogens is 1. The van der Waals surface area contributed by atoms with Gasteiger partial charge in [0.05, 0.1) is 11.3 Å². The number of nitriles is 1.